The second-order valence-electron chi connectivity index (χ2n) is 5.61. The maximum atomic E-state index is 12.5. The van der Waals surface area contributed by atoms with E-state index in [0.29, 0.717) is 26.1 Å². The number of carbonyl (C=O) groups is 2. The maximum absolute atomic E-state index is 12.5. The number of hydrogen-bond donors (Lipinski definition) is 2. The van der Waals surface area contributed by atoms with Crippen LogP contribution in [0.5, 0.6) is 0 Å². The van der Waals surface area contributed by atoms with Crippen molar-refractivity contribution >= 4 is 11.8 Å². The Balaban J connectivity index is 2.50. The molecule has 0 saturated carbocycles. The second kappa shape index (κ2) is 10.3. The van der Waals surface area contributed by atoms with E-state index in [1.807, 2.05) is 4.90 Å². The average Bonchev–Trinajstić information content (AvgIpc) is 2.53. The van der Waals surface area contributed by atoms with E-state index in [2.05, 4.69) is 11.9 Å². The third-order valence-corrected chi connectivity index (χ3v) is 3.85. The number of amides is 2. The van der Waals surface area contributed by atoms with Crippen molar-refractivity contribution in [3.05, 3.63) is 12.7 Å². The molecule has 1 saturated heterocycles. The fourth-order valence-electron chi connectivity index (χ4n) is 2.59. The summed E-state index contributed by atoms with van der Waals surface area (Å²) in [5.41, 5.74) is 5.36. The third kappa shape index (κ3) is 6.15. The van der Waals surface area contributed by atoms with Gasteiger partial charge in [0.15, 0.2) is 0 Å². The minimum absolute atomic E-state index is 0.00170. The number of hydrogen-bond acceptors (Lipinski definition) is 4. The summed E-state index contributed by atoms with van der Waals surface area (Å²) >= 11 is 0. The number of ether oxygens (including phenoxy) is 1. The van der Waals surface area contributed by atoms with Crippen molar-refractivity contribution in [3.8, 4) is 0 Å². The number of nitrogens with zero attached hydrogens (tertiary/aromatic N) is 1. The van der Waals surface area contributed by atoms with Gasteiger partial charge >= 0.3 is 0 Å². The molecule has 126 valence electrons. The number of piperidine rings is 1. The van der Waals surface area contributed by atoms with Crippen LogP contribution in [0.25, 0.3) is 0 Å². The molecule has 0 radical (unpaired) electrons. The Bertz CT molecular complexity index is 374. The molecule has 0 spiro atoms. The Kier molecular flexibility index (Phi) is 8.77. The molecule has 0 aromatic rings. The second-order valence-corrected chi connectivity index (χ2v) is 5.61. The number of nitrogens with two attached hydrogens (primary N) is 1. The van der Waals surface area contributed by atoms with E-state index in [9.17, 15) is 9.59 Å². The molecule has 0 aliphatic carbocycles. The summed E-state index contributed by atoms with van der Waals surface area (Å²) in [6.07, 6.45) is 5.35. The van der Waals surface area contributed by atoms with Crippen LogP contribution < -0.4 is 11.1 Å². The maximum Gasteiger partial charge on any atom is 0.251 e. The van der Waals surface area contributed by atoms with Crippen molar-refractivity contribution in [1.29, 1.82) is 0 Å². The van der Waals surface area contributed by atoms with Gasteiger partial charge in [-0.05, 0) is 32.6 Å². The zero-order chi connectivity index (χ0) is 16.4. The van der Waals surface area contributed by atoms with E-state index < -0.39 is 6.10 Å². The monoisotopic (exact) mass is 311 g/mol. The van der Waals surface area contributed by atoms with Gasteiger partial charge in [-0.2, -0.15) is 0 Å². The topological polar surface area (TPSA) is 84.7 Å². The fourth-order valence-corrected chi connectivity index (χ4v) is 2.59. The molecule has 0 aromatic heterocycles. The summed E-state index contributed by atoms with van der Waals surface area (Å²) in [6, 6.07) is 0.0495. The van der Waals surface area contributed by atoms with Crippen LogP contribution in [0.1, 0.15) is 39.0 Å². The highest BCUT2D eigenvalue weighted by molar-refractivity contribution is 5.81. The van der Waals surface area contributed by atoms with Crippen molar-refractivity contribution < 1.29 is 14.3 Å². The smallest absolute Gasteiger partial charge is 0.251 e. The van der Waals surface area contributed by atoms with Crippen LogP contribution in [0.3, 0.4) is 0 Å². The lowest BCUT2D eigenvalue weighted by molar-refractivity contribution is -0.146. The molecular formula is C16H29N3O3. The molecule has 2 unspecified atom stereocenters. The van der Waals surface area contributed by atoms with Gasteiger partial charge in [0.05, 0.1) is 6.61 Å². The van der Waals surface area contributed by atoms with Crippen LogP contribution in [0, 0.1) is 0 Å². The van der Waals surface area contributed by atoms with Crippen LogP contribution in [-0.4, -0.2) is 55.1 Å². The Morgan fingerprint density at radius 1 is 1.50 bits per heavy atom. The minimum atomic E-state index is -0.458. The van der Waals surface area contributed by atoms with Gasteiger partial charge in [-0.25, -0.2) is 0 Å². The molecule has 6 heteroatoms. The predicted octanol–water partition coefficient (Wildman–Crippen LogP) is 0.814. The van der Waals surface area contributed by atoms with Crippen LogP contribution >= 0.6 is 0 Å². The summed E-state index contributed by atoms with van der Waals surface area (Å²) in [5.74, 6) is -0.0578. The zero-order valence-corrected chi connectivity index (χ0v) is 13.6. The van der Waals surface area contributed by atoms with Gasteiger partial charge in [-0.1, -0.05) is 6.08 Å². The van der Waals surface area contributed by atoms with Crippen molar-refractivity contribution in [1.82, 2.24) is 10.2 Å². The number of nitrogens with one attached hydrogen (secondary N) is 1. The highest BCUT2D eigenvalue weighted by Crippen LogP contribution is 2.18. The first-order valence-electron chi connectivity index (χ1n) is 8.10. The van der Waals surface area contributed by atoms with Gasteiger partial charge in [0.1, 0.15) is 6.10 Å². The number of carbonyl (C=O) groups excluding carboxylic acids is 2. The largest absolute Gasteiger partial charge is 0.368 e. The molecule has 0 bridgehead atoms. The molecule has 6 nitrogen and oxygen atoms in total. The molecule has 1 fully saturated rings. The summed E-state index contributed by atoms with van der Waals surface area (Å²) in [5, 5.41) is 2.86. The van der Waals surface area contributed by atoms with Crippen LogP contribution in [0.2, 0.25) is 0 Å². The Morgan fingerprint density at radius 2 is 2.27 bits per heavy atom. The van der Waals surface area contributed by atoms with E-state index in [0.717, 1.165) is 32.2 Å². The van der Waals surface area contributed by atoms with Gasteiger partial charge < -0.3 is 20.7 Å². The van der Waals surface area contributed by atoms with E-state index >= 15 is 0 Å². The van der Waals surface area contributed by atoms with Gasteiger partial charge in [-0.3, -0.25) is 9.59 Å². The van der Waals surface area contributed by atoms with E-state index in [1.54, 1.807) is 13.0 Å². The zero-order valence-electron chi connectivity index (χ0n) is 13.6. The first-order valence-corrected chi connectivity index (χ1v) is 8.10. The van der Waals surface area contributed by atoms with Crippen LogP contribution in [0.4, 0.5) is 0 Å². The molecule has 1 aliphatic rings. The van der Waals surface area contributed by atoms with E-state index in [1.165, 1.54) is 0 Å². The lowest BCUT2D eigenvalue weighted by atomic mass is 10.0. The Morgan fingerprint density at radius 3 is 2.95 bits per heavy atom. The lowest BCUT2D eigenvalue weighted by Crippen LogP contribution is -2.52. The SMILES string of the molecule is C=CCCOC(C)C(=O)N1CCCCC1CNC(=O)CCN. The number of rotatable bonds is 9. The summed E-state index contributed by atoms with van der Waals surface area (Å²) in [4.78, 5) is 25.9. The van der Waals surface area contributed by atoms with E-state index in [-0.39, 0.29) is 17.9 Å². The number of likely N-dealkylation sites (tertiary alicyclic amines) is 1. The Labute approximate surface area is 133 Å². The van der Waals surface area contributed by atoms with Gasteiger partial charge in [0.2, 0.25) is 5.91 Å². The van der Waals surface area contributed by atoms with E-state index in [4.69, 9.17) is 10.5 Å². The summed E-state index contributed by atoms with van der Waals surface area (Å²) < 4.78 is 5.54. The first-order chi connectivity index (χ1) is 10.6. The van der Waals surface area contributed by atoms with Gasteiger partial charge in [0, 0.05) is 32.1 Å². The van der Waals surface area contributed by atoms with Gasteiger partial charge in [-0.15, -0.1) is 6.58 Å². The Hall–Kier alpha value is -1.40. The summed E-state index contributed by atoms with van der Waals surface area (Å²) in [6.45, 7) is 7.48. The predicted molar refractivity (Wildman–Crippen MR) is 86.3 cm³/mol. The molecule has 1 rings (SSSR count). The minimum Gasteiger partial charge on any atom is -0.368 e. The van der Waals surface area contributed by atoms with Crippen molar-refractivity contribution in [2.75, 3.05) is 26.2 Å². The van der Waals surface area contributed by atoms with Crippen LogP contribution in [-0.2, 0) is 14.3 Å². The van der Waals surface area contributed by atoms with Crippen molar-refractivity contribution in [3.63, 3.8) is 0 Å². The molecule has 0 aromatic carbocycles. The molecule has 2 atom stereocenters. The summed E-state index contributed by atoms with van der Waals surface area (Å²) in [7, 11) is 0. The molecule has 1 aliphatic heterocycles. The standard InChI is InChI=1S/C16H29N3O3/c1-3-4-11-22-13(2)16(21)19-10-6-5-7-14(19)12-18-15(20)8-9-17/h3,13-14H,1,4-12,17H2,2H3,(H,18,20). The first kappa shape index (κ1) is 18.6. The molecule has 3 N–H and O–H groups in total. The lowest BCUT2D eigenvalue weighted by Gasteiger charge is -2.37. The molecule has 22 heavy (non-hydrogen) atoms. The van der Waals surface area contributed by atoms with Gasteiger partial charge in [0.25, 0.3) is 5.91 Å². The fraction of sp³-hybridized carbons (Fsp3) is 0.750. The molecule has 2 amide bonds. The quantitative estimate of drug-likeness (QED) is 0.487. The third-order valence-electron chi connectivity index (χ3n) is 3.85. The van der Waals surface area contributed by atoms with Crippen molar-refractivity contribution in [2.24, 2.45) is 5.73 Å². The van der Waals surface area contributed by atoms with Crippen molar-refractivity contribution in [2.45, 2.75) is 51.2 Å². The molecular weight excluding hydrogens is 282 g/mol. The highest BCUT2D eigenvalue weighted by atomic mass is 16.5. The van der Waals surface area contributed by atoms with Crippen LogP contribution in [0.15, 0.2) is 12.7 Å². The average molecular weight is 311 g/mol. The highest BCUT2D eigenvalue weighted by Gasteiger charge is 2.30. The molecule has 1 heterocycles. The normalized spacial score (nSPS) is 19.5.